The summed E-state index contributed by atoms with van der Waals surface area (Å²) in [4.78, 5) is 13.4. The zero-order valence-electron chi connectivity index (χ0n) is 21.9. The maximum Gasteiger partial charge on any atom is 0.174 e. The fourth-order valence-corrected chi connectivity index (χ4v) is 4.23. The number of rotatable bonds is 7. The van der Waals surface area contributed by atoms with Crippen LogP contribution in [0, 0.1) is 0 Å². The number of aromatic hydroxyl groups is 4. The molecule has 36 heavy (non-hydrogen) atoms. The number of Topliss-reactive ketones (excluding diaryl/α,β-unsaturated/α-hetero) is 1. The summed E-state index contributed by atoms with van der Waals surface area (Å²) in [7, 11) is 0. The van der Waals surface area contributed by atoms with E-state index >= 15 is 0 Å². The third-order valence-corrected chi connectivity index (χ3v) is 6.28. The zero-order chi connectivity index (χ0) is 26.7. The number of ketones is 1. The molecule has 192 valence electrons. The first-order chi connectivity index (χ1) is 16.9. The molecule has 0 fully saturated rings. The van der Waals surface area contributed by atoms with Gasteiger partial charge >= 0.3 is 0 Å². The van der Waals surface area contributed by atoms with Gasteiger partial charge in [0.1, 0.15) is 40.4 Å². The Morgan fingerprint density at radius 1 is 0.778 bits per heavy atom. The monoisotopic (exact) mass is 492 g/mol. The van der Waals surface area contributed by atoms with Gasteiger partial charge in [-0.15, -0.1) is 0 Å². The predicted molar refractivity (Wildman–Crippen MR) is 141 cm³/mol. The molecule has 1 atom stereocenters. The lowest BCUT2D eigenvalue weighted by molar-refractivity contribution is 0.0839. The molecule has 0 saturated carbocycles. The maximum absolute atomic E-state index is 13.4. The molecule has 1 unspecified atom stereocenters. The smallest absolute Gasteiger partial charge is 0.174 e. The van der Waals surface area contributed by atoms with Crippen molar-refractivity contribution in [2.24, 2.45) is 0 Å². The number of hydrogen-bond acceptors (Lipinski definition) is 6. The van der Waals surface area contributed by atoms with Crippen LogP contribution in [0.25, 0.3) is 0 Å². The van der Waals surface area contributed by atoms with Crippen LogP contribution in [0.15, 0.2) is 47.1 Å². The maximum atomic E-state index is 13.4. The topological polar surface area (TPSA) is 107 Å². The highest BCUT2D eigenvalue weighted by atomic mass is 16.5. The van der Waals surface area contributed by atoms with Crippen molar-refractivity contribution in [2.75, 3.05) is 0 Å². The average molecular weight is 493 g/mol. The van der Waals surface area contributed by atoms with Gasteiger partial charge in [0, 0.05) is 22.3 Å². The van der Waals surface area contributed by atoms with E-state index in [1.165, 1.54) is 12.1 Å². The number of phenolic OH excluding ortho intramolecular Hbond substituents is 4. The Hall–Kier alpha value is -3.67. The van der Waals surface area contributed by atoms with E-state index in [9.17, 15) is 25.2 Å². The van der Waals surface area contributed by atoms with E-state index in [2.05, 4.69) is 0 Å². The minimum atomic E-state index is -0.844. The molecule has 1 heterocycles. The quantitative estimate of drug-likeness (QED) is 0.319. The van der Waals surface area contributed by atoms with Gasteiger partial charge in [0.05, 0.1) is 6.42 Å². The van der Waals surface area contributed by atoms with Crippen LogP contribution in [-0.4, -0.2) is 26.2 Å². The van der Waals surface area contributed by atoms with Gasteiger partial charge in [-0.25, -0.2) is 0 Å². The SMILES string of the molecule is CC(C)=CCc1c(O)ccc(C2CC(=O)c3c(O)c(CC=C(C)C)c(O)c(CC=C(C)C)c3O2)c1O. The highest BCUT2D eigenvalue weighted by Crippen LogP contribution is 2.50. The Balaban J connectivity index is 2.16. The van der Waals surface area contributed by atoms with Gasteiger partial charge in [-0.1, -0.05) is 34.9 Å². The predicted octanol–water partition coefficient (Wildman–Crippen LogP) is 6.74. The summed E-state index contributed by atoms with van der Waals surface area (Å²) in [5, 5.41) is 43.5. The van der Waals surface area contributed by atoms with Crippen LogP contribution in [0.3, 0.4) is 0 Å². The Morgan fingerprint density at radius 3 is 1.86 bits per heavy atom. The van der Waals surface area contributed by atoms with Gasteiger partial charge in [-0.2, -0.15) is 0 Å². The first-order valence-electron chi connectivity index (χ1n) is 12.2. The van der Waals surface area contributed by atoms with Gasteiger partial charge in [0.25, 0.3) is 0 Å². The highest BCUT2D eigenvalue weighted by Gasteiger charge is 2.36. The van der Waals surface area contributed by atoms with E-state index in [4.69, 9.17) is 4.74 Å². The standard InChI is InChI=1S/C30H36O6/c1-16(2)7-10-19-23(31)14-13-20(27(19)33)25-15-24(32)26-29(35)21(11-8-17(3)4)28(34)22(30(26)36-25)12-9-18(5)6/h7-9,13-14,25,31,33-35H,10-12,15H2,1-6H3. The van der Waals surface area contributed by atoms with Gasteiger partial charge in [0.15, 0.2) is 5.78 Å². The minimum Gasteiger partial charge on any atom is -0.508 e. The van der Waals surface area contributed by atoms with Crippen LogP contribution < -0.4 is 4.74 Å². The molecular formula is C30H36O6. The van der Waals surface area contributed by atoms with Gasteiger partial charge < -0.3 is 25.2 Å². The van der Waals surface area contributed by atoms with Crippen LogP contribution in [0.1, 0.15) is 86.7 Å². The van der Waals surface area contributed by atoms with Crippen molar-refractivity contribution in [2.45, 2.75) is 73.3 Å². The lowest BCUT2D eigenvalue weighted by atomic mass is 9.88. The summed E-state index contributed by atoms with van der Waals surface area (Å²) < 4.78 is 6.25. The lowest BCUT2D eigenvalue weighted by Crippen LogP contribution is -2.22. The molecule has 1 aliphatic rings. The van der Waals surface area contributed by atoms with Crippen LogP contribution >= 0.6 is 0 Å². The molecule has 0 bridgehead atoms. The molecule has 3 rings (SSSR count). The van der Waals surface area contributed by atoms with Crippen LogP contribution in [-0.2, 0) is 19.3 Å². The molecular weight excluding hydrogens is 456 g/mol. The number of phenols is 4. The van der Waals surface area contributed by atoms with Gasteiger partial charge in [0.2, 0.25) is 0 Å². The summed E-state index contributed by atoms with van der Waals surface area (Å²) in [6.45, 7) is 11.6. The van der Waals surface area contributed by atoms with Gasteiger partial charge in [-0.05, 0) is 72.9 Å². The Morgan fingerprint density at radius 2 is 1.31 bits per heavy atom. The molecule has 0 aliphatic carbocycles. The van der Waals surface area contributed by atoms with Crippen molar-refractivity contribution in [1.29, 1.82) is 0 Å². The van der Waals surface area contributed by atoms with Crippen molar-refractivity contribution in [3.63, 3.8) is 0 Å². The minimum absolute atomic E-state index is 0.0419. The second kappa shape index (κ2) is 10.9. The van der Waals surface area contributed by atoms with E-state index < -0.39 is 6.10 Å². The van der Waals surface area contributed by atoms with Crippen LogP contribution in [0.4, 0.5) is 0 Å². The number of allylic oxidation sites excluding steroid dienone is 6. The summed E-state index contributed by atoms with van der Waals surface area (Å²) >= 11 is 0. The molecule has 0 aromatic heterocycles. The van der Waals surface area contributed by atoms with Crippen LogP contribution in [0.5, 0.6) is 28.7 Å². The fraction of sp³-hybridized carbons (Fsp3) is 0.367. The largest absolute Gasteiger partial charge is 0.508 e. The lowest BCUT2D eigenvalue weighted by Gasteiger charge is -2.30. The Kier molecular flexibility index (Phi) is 8.18. The second-order valence-corrected chi connectivity index (χ2v) is 10.1. The van der Waals surface area contributed by atoms with E-state index in [-0.39, 0.29) is 52.9 Å². The molecule has 6 heteroatoms. The van der Waals surface area contributed by atoms with E-state index in [1.807, 2.05) is 59.8 Å². The van der Waals surface area contributed by atoms with Crippen molar-refractivity contribution in [3.8, 4) is 28.7 Å². The molecule has 0 saturated heterocycles. The first kappa shape index (κ1) is 26.9. The summed E-state index contributed by atoms with van der Waals surface area (Å²) in [6.07, 6.45) is 5.66. The number of ether oxygens (including phenoxy) is 1. The molecule has 2 aromatic rings. The normalized spacial score (nSPS) is 14.5. The molecule has 0 radical (unpaired) electrons. The number of benzene rings is 2. The van der Waals surface area contributed by atoms with E-state index in [0.717, 1.165) is 16.7 Å². The number of fused-ring (bicyclic) bond motifs is 1. The molecule has 1 aliphatic heterocycles. The van der Waals surface area contributed by atoms with Crippen molar-refractivity contribution in [1.82, 2.24) is 0 Å². The highest BCUT2D eigenvalue weighted by molar-refractivity contribution is 6.04. The third-order valence-electron chi connectivity index (χ3n) is 6.28. The number of hydrogen-bond donors (Lipinski definition) is 4. The Bertz CT molecular complexity index is 1270. The van der Waals surface area contributed by atoms with Crippen molar-refractivity contribution >= 4 is 5.78 Å². The number of carbonyl (C=O) groups excluding carboxylic acids is 1. The molecule has 0 spiro atoms. The number of carbonyl (C=O) groups is 1. The van der Waals surface area contributed by atoms with Crippen LogP contribution in [0.2, 0.25) is 0 Å². The Labute approximate surface area is 212 Å². The molecule has 0 amide bonds. The zero-order valence-corrected chi connectivity index (χ0v) is 21.9. The molecule has 6 nitrogen and oxygen atoms in total. The van der Waals surface area contributed by atoms with E-state index in [1.54, 1.807) is 0 Å². The average Bonchev–Trinajstić information content (AvgIpc) is 2.77. The van der Waals surface area contributed by atoms with Gasteiger partial charge in [-0.3, -0.25) is 4.79 Å². The summed E-state index contributed by atoms with van der Waals surface area (Å²) in [6, 6.07) is 3.02. The fourth-order valence-electron chi connectivity index (χ4n) is 4.23. The molecule has 4 N–H and O–H groups in total. The molecule has 2 aromatic carbocycles. The summed E-state index contributed by atoms with van der Waals surface area (Å²) in [5.41, 5.74) is 4.57. The third kappa shape index (κ3) is 5.59. The summed E-state index contributed by atoms with van der Waals surface area (Å²) in [5.74, 6) is -0.762. The van der Waals surface area contributed by atoms with Crippen molar-refractivity contribution < 1.29 is 30.0 Å². The van der Waals surface area contributed by atoms with E-state index in [0.29, 0.717) is 35.1 Å². The first-order valence-corrected chi connectivity index (χ1v) is 12.2. The second-order valence-electron chi connectivity index (χ2n) is 10.1. The van der Waals surface area contributed by atoms with Crippen molar-refractivity contribution in [3.05, 3.63) is 74.9 Å².